The largest absolute Gasteiger partial charge is 0.428 e. The molecule has 1 heterocycles. The zero-order valence-electron chi connectivity index (χ0n) is 9.96. The van der Waals surface area contributed by atoms with Gasteiger partial charge in [-0.1, -0.05) is 28.1 Å². The minimum absolute atomic E-state index is 0.591. The molecule has 3 nitrogen and oxygen atoms in total. The van der Waals surface area contributed by atoms with Crippen LogP contribution in [0.15, 0.2) is 33.2 Å². The number of aryl methyl sites for hydroxylation is 3. The molecule has 0 amide bonds. The van der Waals surface area contributed by atoms with Gasteiger partial charge in [0.1, 0.15) is 5.76 Å². The molecule has 0 saturated heterocycles. The molecular formula is C13H15BrN2O. The van der Waals surface area contributed by atoms with Gasteiger partial charge in [-0.2, -0.15) is 4.98 Å². The Labute approximate surface area is 109 Å². The highest BCUT2D eigenvalue weighted by Crippen LogP contribution is 2.17. The fourth-order valence-corrected chi connectivity index (χ4v) is 1.94. The summed E-state index contributed by atoms with van der Waals surface area (Å²) >= 11 is 3.43. The Bertz CT molecular complexity index is 491. The molecule has 90 valence electrons. The molecule has 4 heteroatoms. The third kappa shape index (κ3) is 3.09. The molecule has 2 aromatic rings. The quantitative estimate of drug-likeness (QED) is 0.937. The van der Waals surface area contributed by atoms with Gasteiger partial charge in [0.25, 0.3) is 6.01 Å². The maximum Gasteiger partial charge on any atom is 0.294 e. The second-order valence-corrected chi connectivity index (χ2v) is 4.82. The highest BCUT2D eigenvalue weighted by atomic mass is 79.9. The van der Waals surface area contributed by atoms with E-state index in [1.807, 2.05) is 14.0 Å². The number of rotatable bonds is 4. The number of halogens is 1. The van der Waals surface area contributed by atoms with Crippen molar-refractivity contribution in [1.29, 1.82) is 0 Å². The third-order valence-corrected chi connectivity index (χ3v) is 3.19. The van der Waals surface area contributed by atoms with Crippen molar-refractivity contribution in [3.8, 4) is 0 Å². The van der Waals surface area contributed by atoms with E-state index in [4.69, 9.17) is 4.42 Å². The summed E-state index contributed by atoms with van der Waals surface area (Å²) < 4.78 is 6.68. The van der Waals surface area contributed by atoms with E-state index in [0.29, 0.717) is 6.01 Å². The Balaban J connectivity index is 2.01. The van der Waals surface area contributed by atoms with Crippen LogP contribution in [0.1, 0.15) is 17.0 Å². The Morgan fingerprint density at radius 3 is 2.53 bits per heavy atom. The standard InChI is InChI=1S/C13H15BrN2O/c1-9-12(17-13(15-2)16-9)8-5-10-3-6-11(14)7-4-10/h3-4,6-7H,5,8H2,1-2H3,(H,15,16). The molecule has 2 rings (SSSR count). The van der Waals surface area contributed by atoms with Gasteiger partial charge in [0, 0.05) is 17.9 Å². The predicted molar refractivity (Wildman–Crippen MR) is 72.3 cm³/mol. The molecule has 0 aliphatic carbocycles. The van der Waals surface area contributed by atoms with Gasteiger partial charge in [0.15, 0.2) is 0 Å². The van der Waals surface area contributed by atoms with Crippen molar-refractivity contribution in [1.82, 2.24) is 4.98 Å². The lowest BCUT2D eigenvalue weighted by Gasteiger charge is -2.00. The van der Waals surface area contributed by atoms with Gasteiger partial charge in [0.05, 0.1) is 5.69 Å². The normalized spacial score (nSPS) is 10.5. The highest BCUT2D eigenvalue weighted by molar-refractivity contribution is 9.10. The van der Waals surface area contributed by atoms with Crippen LogP contribution in [0.3, 0.4) is 0 Å². The Morgan fingerprint density at radius 1 is 1.24 bits per heavy atom. The minimum atomic E-state index is 0.591. The van der Waals surface area contributed by atoms with Crippen LogP contribution in [0.4, 0.5) is 6.01 Å². The zero-order valence-corrected chi connectivity index (χ0v) is 11.5. The van der Waals surface area contributed by atoms with Crippen LogP contribution in [0.25, 0.3) is 0 Å². The van der Waals surface area contributed by atoms with Gasteiger partial charge >= 0.3 is 0 Å². The number of hydrogen-bond acceptors (Lipinski definition) is 3. The van der Waals surface area contributed by atoms with Crippen LogP contribution in [0.5, 0.6) is 0 Å². The van der Waals surface area contributed by atoms with Crippen LogP contribution >= 0.6 is 15.9 Å². The fourth-order valence-electron chi connectivity index (χ4n) is 1.68. The predicted octanol–water partition coefficient (Wildman–Crippen LogP) is 3.57. The summed E-state index contributed by atoms with van der Waals surface area (Å²) in [6, 6.07) is 8.94. The molecule has 17 heavy (non-hydrogen) atoms. The van der Waals surface area contributed by atoms with E-state index in [1.165, 1.54) is 5.56 Å². The number of hydrogen-bond donors (Lipinski definition) is 1. The highest BCUT2D eigenvalue weighted by Gasteiger charge is 2.08. The Morgan fingerprint density at radius 2 is 1.94 bits per heavy atom. The number of anilines is 1. The number of oxazole rings is 1. The van der Waals surface area contributed by atoms with Crippen LogP contribution in [-0.4, -0.2) is 12.0 Å². The second kappa shape index (κ2) is 5.36. The van der Waals surface area contributed by atoms with Gasteiger partial charge in [0.2, 0.25) is 0 Å². The van der Waals surface area contributed by atoms with Crippen molar-refractivity contribution < 1.29 is 4.42 Å². The van der Waals surface area contributed by atoms with Gasteiger partial charge in [-0.25, -0.2) is 0 Å². The van der Waals surface area contributed by atoms with Crippen molar-refractivity contribution >= 4 is 21.9 Å². The zero-order chi connectivity index (χ0) is 12.3. The van der Waals surface area contributed by atoms with Crippen LogP contribution in [0.2, 0.25) is 0 Å². The summed E-state index contributed by atoms with van der Waals surface area (Å²) in [6.45, 7) is 1.97. The SMILES string of the molecule is CNc1nc(C)c(CCc2ccc(Br)cc2)o1. The number of aromatic nitrogens is 1. The van der Waals surface area contributed by atoms with Crippen molar-refractivity contribution in [3.63, 3.8) is 0 Å². The van der Waals surface area contributed by atoms with Gasteiger partial charge in [-0.3, -0.25) is 0 Å². The van der Waals surface area contributed by atoms with E-state index in [-0.39, 0.29) is 0 Å². The van der Waals surface area contributed by atoms with Crippen LogP contribution in [-0.2, 0) is 12.8 Å². The molecule has 0 spiro atoms. The van der Waals surface area contributed by atoms with E-state index in [1.54, 1.807) is 0 Å². The van der Waals surface area contributed by atoms with Crippen molar-refractivity contribution in [2.45, 2.75) is 19.8 Å². The summed E-state index contributed by atoms with van der Waals surface area (Å²) in [5, 5.41) is 2.91. The molecule has 1 N–H and O–H groups in total. The van der Waals surface area contributed by atoms with E-state index in [9.17, 15) is 0 Å². The molecule has 0 bridgehead atoms. The van der Waals surface area contributed by atoms with Crippen molar-refractivity contribution in [2.24, 2.45) is 0 Å². The lowest BCUT2D eigenvalue weighted by molar-refractivity contribution is 0.516. The van der Waals surface area contributed by atoms with Crippen molar-refractivity contribution in [3.05, 3.63) is 45.8 Å². The van der Waals surface area contributed by atoms with Gasteiger partial charge in [-0.15, -0.1) is 0 Å². The molecule has 0 radical (unpaired) electrons. The summed E-state index contributed by atoms with van der Waals surface area (Å²) in [5.41, 5.74) is 2.27. The van der Waals surface area contributed by atoms with Crippen molar-refractivity contribution in [2.75, 3.05) is 12.4 Å². The smallest absolute Gasteiger partial charge is 0.294 e. The molecule has 1 aromatic heterocycles. The first kappa shape index (κ1) is 12.2. The first-order valence-corrected chi connectivity index (χ1v) is 6.37. The van der Waals surface area contributed by atoms with Gasteiger partial charge < -0.3 is 9.73 Å². The fraction of sp³-hybridized carbons (Fsp3) is 0.308. The van der Waals surface area contributed by atoms with E-state index in [0.717, 1.165) is 28.8 Å². The van der Waals surface area contributed by atoms with Crippen LogP contribution < -0.4 is 5.32 Å². The molecule has 0 fully saturated rings. The summed E-state index contributed by atoms with van der Waals surface area (Å²) in [7, 11) is 1.81. The maximum atomic E-state index is 5.58. The molecule has 0 atom stereocenters. The molecule has 0 unspecified atom stereocenters. The molecule has 1 aromatic carbocycles. The third-order valence-electron chi connectivity index (χ3n) is 2.66. The van der Waals surface area contributed by atoms with E-state index < -0.39 is 0 Å². The molecule has 0 aliphatic rings. The maximum absolute atomic E-state index is 5.58. The van der Waals surface area contributed by atoms with Crippen LogP contribution in [0, 0.1) is 6.92 Å². The average Bonchev–Trinajstić information content (AvgIpc) is 2.69. The Hall–Kier alpha value is -1.29. The first-order valence-electron chi connectivity index (χ1n) is 5.57. The Kier molecular flexibility index (Phi) is 3.84. The summed E-state index contributed by atoms with van der Waals surface area (Å²) in [5.74, 6) is 0.956. The number of nitrogens with one attached hydrogen (secondary N) is 1. The second-order valence-electron chi connectivity index (χ2n) is 3.90. The first-order chi connectivity index (χ1) is 8.19. The number of nitrogens with zero attached hydrogens (tertiary/aromatic N) is 1. The summed E-state index contributed by atoms with van der Waals surface area (Å²) in [6.07, 6.45) is 1.84. The van der Waals surface area contributed by atoms with Gasteiger partial charge in [-0.05, 0) is 31.0 Å². The van der Waals surface area contributed by atoms with E-state index in [2.05, 4.69) is 50.5 Å². The average molecular weight is 295 g/mol. The topological polar surface area (TPSA) is 38.1 Å². The monoisotopic (exact) mass is 294 g/mol. The molecule has 0 saturated carbocycles. The number of benzene rings is 1. The summed E-state index contributed by atoms with van der Waals surface area (Å²) in [4.78, 5) is 4.27. The lowest BCUT2D eigenvalue weighted by Crippen LogP contribution is -1.91. The minimum Gasteiger partial charge on any atom is -0.428 e. The molecule has 0 aliphatic heterocycles. The molecular weight excluding hydrogens is 280 g/mol. The lowest BCUT2D eigenvalue weighted by atomic mass is 10.1. The van der Waals surface area contributed by atoms with E-state index >= 15 is 0 Å².